The molecule has 0 saturated heterocycles. The number of nitrogens with one attached hydrogen (secondary N) is 3. The van der Waals surface area contributed by atoms with Crippen LogP contribution in [0.5, 0.6) is 11.5 Å². The fraction of sp³-hybridized carbons (Fsp3) is 0.0714. The molecule has 9 heteroatoms. The Bertz CT molecular complexity index is 934. The van der Waals surface area contributed by atoms with Crippen molar-refractivity contribution in [1.29, 1.82) is 0 Å². The monoisotopic (exact) mass is 332 g/mol. The second kappa shape index (κ2) is 6.05. The largest absolute Gasteiger partial charge is 0.465 e. The van der Waals surface area contributed by atoms with Gasteiger partial charge in [-0.3, -0.25) is 10.3 Å². The number of amides is 1. The Hall–Kier alpha value is -2.94. The highest BCUT2D eigenvalue weighted by molar-refractivity contribution is 7.98. The van der Waals surface area contributed by atoms with E-state index in [0.29, 0.717) is 28.4 Å². The molecule has 0 saturated carbocycles. The number of nitrogens with zero attached hydrogens (tertiary/aromatic N) is 1. The summed E-state index contributed by atoms with van der Waals surface area (Å²) in [5.41, 5.74) is 0.985. The van der Waals surface area contributed by atoms with Crippen LogP contribution in [0.25, 0.3) is 11.2 Å². The Balaban J connectivity index is 1.95. The smallest absolute Gasteiger partial charge is 0.409 e. The molecule has 0 aliphatic carbocycles. The van der Waals surface area contributed by atoms with Gasteiger partial charge in [0.2, 0.25) is 0 Å². The molecule has 2 heterocycles. The average molecular weight is 332 g/mol. The number of hydrogen-bond acceptors (Lipinski definition) is 5. The number of fused-ring (bicyclic) bond motifs is 1. The number of benzene rings is 1. The standard InChI is InChI=1S/C14H12N4O4S/c1-23-10-6-7(2-3-8(10)16-14(20)21)22-9-4-5-15-12-11(9)17-13(19)18-12/h2-6,16H,1H3,(H,20,21)(H2,15,17,18,19). The Morgan fingerprint density at radius 1 is 1.35 bits per heavy atom. The number of carbonyl (C=O) groups is 1. The van der Waals surface area contributed by atoms with Gasteiger partial charge in [0.05, 0.1) is 5.69 Å². The maximum absolute atomic E-state index is 11.4. The van der Waals surface area contributed by atoms with Crippen molar-refractivity contribution in [3.8, 4) is 11.5 Å². The van der Waals surface area contributed by atoms with Crippen LogP contribution in [0.4, 0.5) is 10.5 Å². The van der Waals surface area contributed by atoms with Gasteiger partial charge in [0, 0.05) is 17.2 Å². The minimum absolute atomic E-state index is 0.366. The predicted molar refractivity (Wildman–Crippen MR) is 86.7 cm³/mol. The molecule has 0 aliphatic rings. The van der Waals surface area contributed by atoms with E-state index in [-0.39, 0.29) is 5.69 Å². The summed E-state index contributed by atoms with van der Waals surface area (Å²) < 4.78 is 5.79. The highest BCUT2D eigenvalue weighted by atomic mass is 32.2. The van der Waals surface area contributed by atoms with Gasteiger partial charge in [-0.25, -0.2) is 14.6 Å². The molecule has 8 nitrogen and oxygen atoms in total. The molecule has 0 bridgehead atoms. The van der Waals surface area contributed by atoms with Crippen LogP contribution < -0.4 is 15.7 Å². The number of hydrogen-bond donors (Lipinski definition) is 4. The molecule has 118 valence electrons. The summed E-state index contributed by atoms with van der Waals surface area (Å²) in [6.07, 6.45) is 2.23. The van der Waals surface area contributed by atoms with E-state index < -0.39 is 6.09 Å². The second-order valence-electron chi connectivity index (χ2n) is 4.51. The Morgan fingerprint density at radius 2 is 2.17 bits per heavy atom. The maximum atomic E-state index is 11.4. The minimum Gasteiger partial charge on any atom is -0.465 e. The quantitative estimate of drug-likeness (QED) is 0.545. The van der Waals surface area contributed by atoms with Crippen molar-refractivity contribution in [1.82, 2.24) is 15.0 Å². The maximum Gasteiger partial charge on any atom is 0.409 e. The summed E-state index contributed by atoms with van der Waals surface area (Å²) in [5, 5.41) is 11.1. The average Bonchev–Trinajstić information content (AvgIpc) is 2.89. The minimum atomic E-state index is -1.13. The van der Waals surface area contributed by atoms with E-state index in [4.69, 9.17) is 9.84 Å². The molecule has 0 radical (unpaired) electrons. The Morgan fingerprint density at radius 3 is 2.91 bits per heavy atom. The van der Waals surface area contributed by atoms with Gasteiger partial charge in [-0.15, -0.1) is 11.8 Å². The summed E-state index contributed by atoms with van der Waals surface area (Å²) in [5.74, 6) is 0.958. The van der Waals surface area contributed by atoms with E-state index in [2.05, 4.69) is 20.3 Å². The number of ether oxygens (including phenoxy) is 1. The molecular formula is C14H12N4O4S. The van der Waals surface area contributed by atoms with Crippen LogP contribution in [-0.4, -0.2) is 32.4 Å². The summed E-state index contributed by atoms with van der Waals surface area (Å²) in [4.78, 5) is 32.1. The Kier molecular flexibility index (Phi) is 3.94. The first-order chi connectivity index (χ1) is 11.1. The first-order valence-corrected chi connectivity index (χ1v) is 7.72. The highest BCUT2D eigenvalue weighted by Gasteiger charge is 2.10. The lowest BCUT2D eigenvalue weighted by molar-refractivity contribution is 0.209. The summed E-state index contributed by atoms with van der Waals surface area (Å²) in [6, 6.07) is 6.61. The van der Waals surface area contributed by atoms with Crippen molar-refractivity contribution in [2.24, 2.45) is 0 Å². The summed E-state index contributed by atoms with van der Waals surface area (Å²) in [6.45, 7) is 0. The third-order valence-corrected chi connectivity index (χ3v) is 3.80. The SMILES string of the molecule is CSc1cc(Oc2ccnc3[nH]c(=O)[nH]c23)ccc1NC(=O)O. The molecule has 0 spiro atoms. The summed E-state index contributed by atoms with van der Waals surface area (Å²) in [7, 11) is 0. The van der Waals surface area contributed by atoms with Gasteiger partial charge in [-0.1, -0.05) is 0 Å². The number of H-pyrrole nitrogens is 2. The lowest BCUT2D eigenvalue weighted by Gasteiger charge is -2.11. The zero-order valence-electron chi connectivity index (χ0n) is 11.9. The number of carboxylic acid groups (broad SMARTS) is 1. The highest BCUT2D eigenvalue weighted by Crippen LogP contribution is 2.33. The van der Waals surface area contributed by atoms with Gasteiger partial charge >= 0.3 is 11.8 Å². The lowest BCUT2D eigenvalue weighted by atomic mass is 10.3. The number of pyridine rings is 1. The molecule has 0 aliphatic heterocycles. The van der Waals surface area contributed by atoms with Gasteiger partial charge in [-0.2, -0.15) is 0 Å². The molecule has 0 fully saturated rings. The molecular weight excluding hydrogens is 320 g/mol. The molecule has 0 unspecified atom stereocenters. The second-order valence-corrected chi connectivity index (χ2v) is 5.35. The Labute approximate surface area is 133 Å². The van der Waals surface area contributed by atoms with Crippen LogP contribution in [-0.2, 0) is 0 Å². The fourth-order valence-corrected chi connectivity index (χ4v) is 2.65. The van der Waals surface area contributed by atoms with Crippen molar-refractivity contribution < 1.29 is 14.6 Å². The van der Waals surface area contributed by atoms with E-state index in [0.717, 1.165) is 4.90 Å². The third kappa shape index (κ3) is 3.14. The molecule has 3 rings (SSSR count). The molecule has 0 atom stereocenters. The zero-order valence-corrected chi connectivity index (χ0v) is 12.7. The first-order valence-electron chi connectivity index (χ1n) is 6.49. The molecule has 23 heavy (non-hydrogen) atoms. The normalized spacial score (nSPS) is 10.7. The van der Waals surface area contributed by atoms with Crippen LogP contribution in [0, 0.1) is 0 Å². The van der Waals surface area contributed by atoms with Crippen LogP contribution in [0.2, 0.25) is 0 Å². The van der Waals surface area contributed by atoms with Crippen LogP contribution in [0.15, 0.2) is 40.2 Å². The van der Waals surface area contributed by atoms with E-state index >= 15 is 0 Å². The van der Waals surface area contributed by atoms with Crippen molar-refractivity contribution in [2.45, 2.75) is 4.90 Å². The zero-order chi connectivity index (χ0) is 16.4. The predicted octanol–water partition coefficient (Wildman–Crippen LogP) is 2.86. The van der Waals surface area contributed by atoms with Gasteiger partial charge in [0.1, 0.15) is 11.3 Å². The number of anilines is 1. The van der Waals surface area contributed by atoms with Crippen molar-refractivity contribution >= 4 is 34.7 Å². The summed E-state index contributed by atoms with van der Waals surface area (Å²) >= 11 is 1.39. The van der Waals surface area contributed by atoms with Crippen LogP contribution in [0.1, 0.15) is 0 Å². The van der Waals surface area contributed by atoms with E-state index in [1.54, 1.807) is 24.3 Å². The van der Waals surface area contributed by atoms with Crippen LogP contribution >= 0.6 is 11.8 Å². The molecule has 1 amide bonds. The lowest BCUT2D eigenvalue weighted by Crippen LogP contribution is -2.08. The van der Waals surface area contributed by atoms with E-state index in [1.807, 2.05) is 6.26 Å². The third-order valence-electron chi connectivity index (χ3n) is 3.03. The molecule has 4 N–H and O–H groups in total. The number of aromatic amines is 2. The van der Waals surface area contributed by atoms with Crippen molar-refractivity contribution in [3.63, 3.8) is 0 Å². The molecule has 1 aromatic carbocycles. The van der Waals surface area contributed by atoms with E-state index in [1.165, 1.54) is 18.0 Å². The number of rotatable bonds is 4. The fourth-order valence-electron chi connectivity index (χ4n) is 2.08. The molecule has 2 aromatic heterocycles. The number of thioether (sulfide) groups is 1. The van der Waals surface area contributed by atoms with E-state index in [9.17, 15) is 9.59 Å². The topological polar surface area (TPSA) is 120 Å². The van der Waals surface area contributed by atoms with Gasteiger partial charge in [0.25, 0.3) is 0 Å². The van der Waals surface area contributed by atoms with Crippen molar-refractivity contribution in [2.75, 3.05) is 11.6 Å². The number of imidazole rings is 1. The van der Waals surface area contributed by atoms with Crippen molar-refractivity contribution in [3.05, 3.63) is 40.9 Å². The first kappa shape index (κ1) is 15.0. The number of aromatic nitrogens is 3. The van der Waals surface area contributed by atoms with Gasteiger partial charge in [-0.05, 0) is 24.5 Å². The van der Waals surface area contributed by atoms with Gasteiger partial charge in [0.15, 0.2) is 11.4 Å². The van der Waals surface area contributed by atoms with Gasteiger partial charge < -0.3 is 14.8 Å². The molecule has 3 aromatic rings. The van der Waals surface area contributed by atoms with Crippen LogP contribution in [0.3, 0.4) is 0 Å².